The fraction of sp³-hybridized carbons (Fsp3) is 0.292. The lowest BCUT2D eigenvalue weighted by Gasteiger charge is -2.15. The van der Waals surface area contributed by atoms with Gasteiger partial charge in [0.05, 0.1) is 6.04 Å². The van der Waals surface area contributed by atoms with E-state index in [0.717, 1.165) is 40.9 Å². The van der Waals surface area contributed by atoms with Gasteiger partial charge in [0.2, 0.25) is 11.0 Å². The van der Waals surface area contributed by atoms with Crippen LogP contribution in [0.5, 0.6) is 5.75 Å². The summed E-state index contributed by atoms with van der Waals surface area (Å²) in [5.41, 5.74) is 2.88. The molecule has 6 nitrogen and oxygen atoms in total. The van der Waals surface area contributed by atoms with Crippen LogP contribution in [-0.4, -0.2) is 21.4 Å². The summed E-state index contributed by atoms with van der Waals surface area (Å²) < 4.78 is 11.7. The molecular weight excluding hydrogens is 412 g/mol. The molecular formula is C24H24N2O4S. The number of benzene rings is 2. The number of aryl methyl sites for hydroxylation is 1. The second-order valence-electron chi connectivity index (χ2n) is 7.63. The Morgan fingerprint density at radius 2 is 1.87 bits per heavy atom. The standard InChI is InChI=1S/C24H24N2O4S/c1-15(8-13-20-23(27)31-24(28)26-20)17-9-11-19(12-10-17)29-14-21-16(2)30-22(25-21)18-6-4-3-5-7-18/h3-7,9-12,15,20H,8,13-14H2,1-2H3,(H,26,28). The maximum Gasteiger partial charge on any atom is 0.287 e. The average molecular weight is 437 g/mol. The smallest absolute Gasteiger partial charge is 0.287 e. The molecule has 0 spiro atoms. The van der Waals surface area contributed by atoms with E-state index >= 15 is 0 Å². The lowest BCUT2D eigenvalue weighted by Crippen LogP contribution is -2.28. The highest BCUT2D eigenvalue weighted by Gasteiger charge is 2.31. The van der Waals surface area contributed by atoms with Crippen molar-refractivity contribution in [1.82, 2.24) is 10.3 Å². The summed E-state index contributed by atoms with van der Waals surface area (Å²) in [6.45, 7) is 4.34. The summed E-state index contributed by atoms with van der Waals surface area (Å²) in [5, 5.41) is 2.38. The van der Waals surface area contributed by atoms with Crippen LogP contribution < -0.4 is 10.1 Å². The first kappa shape index (κ1) is 21.2. The largest absolute Gasteiger partial charge is 0.487 e. The number of hydrogen-bond acceptors (Lipinski definition) is 6. The molecule has 1 aromatic heterocycles. The van der Waals surface area contributed by atoms with Crippen molar-refractivity contribution in [1.29, 1.82) is 0 Å². The number of carbonyl (C=O) groups excluding carboxylic acids is 2. The number of ether oxygens (including phenoxy) is 1. The predicted molar refractivity (Wildman–Crippen MR) is 120 cm³/mol. The summed E-state index contributed by atoms with van der Waals surface area (Å²) in [6, 6.07) is 17.4. The Balaban J connectivity index is 1.31. The predicted octanol–water partition coefficient (Wildman–Crippen LogP) is 5.46. The van der Waals surface area contributed by atoms with Crippen molar-refractivity contribution in [3.8, 4) is 17.2 Å². The molecule has 7 heteroatoms. The summed E-state index contributed by atoms with van der Waals surface area (Å²) in [6.07, 6.45) is 1.46. The third-order valence-electron chi connectivity index (χ3n) is 5.40. The highest BCUT2D eigenvalue weighted by Crippen LogP contribution is 2.27. The van der Waals surface area contributed by atoms with Gasteiger partial charge in [0.1, 0.15) is 23.8 Å². The fourth-order valence-electron chi connectivity index (χ4n) is 3.48. The van der Waals surface area contributed by atoms with Crippen LogP contribution in [0.3, 0.4) is 0 Å². The van der Waals surface area contributed by atoms with E-state index < -0.39 is 0 Å². The maximum atomic E-state index is 11.7. The zero-order chi connectivity index (χ0) is 21.8. The molecule has 4 rings (SSSR count). The van der Waals surface area contributed by atoms with E-state index in [4.69, 9.17) is 9.15 Å². The van der Waals surface area contributed by atoms with E-state index in [1.165, 1.54) is 5.56 Å². The van der Waals surface area contributed by atoms with E-state index in [1.807, 2.05) is 61.5 Å². The SMILES string of the molecule is Cc1oc(-c2ccccc2)nc1COc1ccc(C(C)CCC2NC(=O)SC2=O)cc1. The number of nitrogens with zero attached hydrogens (tertiary/aromatic N) is 1. The molecule has 1 N–H and O–H groups in total. The van der Waals surface area contributed by atoms with Crippen LogP contribution in [0.15, 0.2) is 59.0 Å². The Labute approximate surface area is 185 Å². The number of amides is 1. The molecule has 2 atom stereocenters. The van der Waals surface area contributed by atoms with Crippen molar-refractivity contribution in [2.45, 2.75) is 45.3 Å². The second-order valence-corrected chi connectivity index (χ2v) is 8.61. The Kier molecular flexibility index (Phi) is 6.42. The van der Waals surface area contributed by atoms with Crippen molar-refractivity contribution in [3.05, 3.63) is 71.6 Å². The van der Waals surface area contributed by atoms with Crippen LogP contribution in [0.4, 0.5) is 4.79 Å². The van der Waals surface area contributed by atoms with Crippen LogP contribution in [0.1, 0.15) is 42.7 Å². The first-order valence-electron chi connectivity index (χ1n) is 10.3. The van der Waals surface area contributed by atoms with Crippen molar-refractivity contribution in [3.63, 3.8) is 0 Å². The number of rotatable bonds is 8. The molecule has 2 unspecified atom stereocenters. The highest BCUT2D eigenvalue weighted by atomic mass is 32.2. The third kappa shape index (κ3) is 5.17. The minimum atomic E-state index is -0.367. The average Bonchev–Trinajstić information content (AvgIpc) is 3.32. The fourth-order valence-corrected chi connectivity index (χ4v) is 4.18. The quantitative estimate of drug-likeness (QED) is 0.505. The number of aromatic nitrogens is 1. The minimum absolute atomic E-state index is 0.0838. The van der Waals surface area contributed by atoms with Crippen LogP contribution in [0, 0.1) is 6.92 Å². The van der Waals surface area contributed by atoms with Gasteiger partial charge in [-0.25, -0.2) is 4.98 Å². The van der Waals surface area contributed by atoms with Gasteiger partial charge in [0.15, 0.2) is 0 Å². The van der Waals surface area contributed by atoms with Gasteiger partial charge < -0.3 is 14.5 Å². The van der Waals surface area contributed by atoms with Crippen molar-refractivity contribution in [2.75, 3.05) is 0 Å². The van der Waals surface area contributed by atoms with E-state index in [0.29, 0.717) is 18.9 Å². The van der Waals surface area contributed by atoms with Crippen LogP contribution in [0.25, 0.3) is 11.5 Å². The molecule has 31 heavy (non-hydrogen) atoms. The van der Waals surface area contributed by atoms with E-state index in [1.54, 1.807) is 0 Å². The molecule has 1 aliphatic heterocycles. The third-order valence-corrected chi connectivity index (χ3v) is 6.19. The molecule has 0 radical (unpaired) electrons. The number of oxazole rings is 1. The minimum Gasteiger partial charge on any atom is -0.487 e. The summed E-state index contributed by atoms with van der Waals surface area (Å²) in [5.74, 6) is 2.37. The summed E-state index contributed by atoms with van der Waals surface area (Å²) in [4.78, 5) is 27.6. The van der Waals surface area contributed by atoms with E-state index in [2.05, 4.69) is 17.2 Å². The zero-order valence-electron chi connectivity index (χ0n) is 17.5. The summed E-state index contributed by atoms with van der Waals surface area (Å²) >= 11 is 0.765. The lowest BCUT2D eigenvalue weighted by molar-refractivity contribution is -0.112. The van der Waals surface area contributed by atoms with Gasteiger partial charge in [0.25, 0.3) is 5.24 Å². The van der Waals surface area contributed by atoms with Crippen molar-refractivity contribution < 1.29 is 18.7 Å². The van der Waals surface area contributed by atoms with Gasteiger partial charge in [-0.1, -0.05) is 37.3 Å². The number of thioether (sulfide) groups is 1. The van der Waals surface area contributed by atoms with Crippen LogP contribution >= 0.6 is 11.8 Å². The molecule has 1 saturated heterocycles. The van der Waals surface area contributed by atoms with Gasteiger partial charge in [-0.2, -0.15) is 0 Å². The van der Waals surface area contributed by atoms with Gasteiger partial charge >= 0.3 is 0 Å². The molecule has 1 fully saturated rings. The Bertz CT molecular complexity index is 1060. The summed E-state index contributed by atoms with van der Waals surface area (Å²) in [7, 11) is 0. The number of carbonyl (C=O) groups is 2. The highest BCUT2D eigenvalue weighted by molar-refractivity contribution is 8.26. The van der Waals surface area contributed by atoms with E-state index in [9.17, 15) is 9.59 Å². The van der Waals surface area contributed by atoms with Crippen LogP contribution in [-0.2, 0) is 11.4 Å². The zero-order valence-corrected chi connectivity index (χ0v) is 18.3. The number of hydrogen-bond donors (Lipinski definition) is 1. The molecule has 160 valence electrons. The molecule has 1 amide bonds. The van der Waals surface area contributed by atoms with Gasteiger partial charge in [-0.15, -0.1) is 0 Å². The molecule has 1 aliphatic rings. The van der Waals surface area contributed by atoms with Gasteiger partial charge in [-0.3, -0.25) is 9.59 Å². The second kappa shape index (κ2) is 9.39. The Hall–Kier alpha value is -3.06. The molecule has 2 aromatic carbocycles. The molecule has 0 bridgehead atoms. The Morgan fingerprint density at radius 1 is 1.13 bits per heavy atom. The lowest BCUT2D eigenvalue weighted by atomic mass is 9.94. The first-order chi connectivity index (χ1) is 15.0. The first-order valence-corrected chi connectivity index (χ1v) is 11.1. The van der Waals surface area contributed by atoms with Gasteiger partial charge in [-0.05, 0) is 55.5 Å². The Morgan fingerprint density at radius 3 is 2.55 bits per heavy atom. The van der Waals surface area contributed by atoms with E-state index in [-0.39, 0.29) is 22.3 Å². The molecule has 3 aromatic rings. The van der Waals surface area contributed by atoms with Crippen LogP contribution in [0.2, 0.25) is 0 Å². The van der Waals surface area contributed by atoms with Crippen molar-refractivity contribution >= 4 is 22.1 Å². The molecule has 2 heterocycles. The molecule has 0 aliphatic carbocycles. The monoisotopic (exact) mass is 436 g/mol. The normalized spacial score (nSPS) is 16.9. The maximum absolute atomic E-state index is 11.7. The van der Waals surface area contributed by atoms with Gasteiger partial charge in [0, 0.05) is 17.3 Å². The topological polar surface area (TPSA) is 81.4 Å². The van der Waals surface area contributed by atoms with Crippen molar-refractivity contribution in [2.24, 2.45) is 0 Å². The molecule has 0 saturated carbocycles. The number of nitrogens with one attached hydrogen (secondary N) is 1.